The number of aromatic nitrogens is 3. The Balaban J connectivity index is 1.63. The summed E-state index contributed by atoms with van der Waals surface area (Å²) in [5.41, 5.74) is 6.49. The zero-order chi connectivity index (χ0) is 22.6. The molecule has 2 aromatic rings. The van der Waals surface area contributed by atoms with Gasteiger partial charge in [-0.2, -0.15) is 5.10 Å². The summed E-state index contributed by atoms with van der Waals surface area (Å²) in [6, 6.07) is 5.83. The Morgan fingerprint density at radius 1 is 1.19 bits per heavy atom. The molecule has 2 heterocycles. The minimum atomic E-state index is -0.895. The molecule has 0 radical (unpaired) electrons. The molecule has 166 valence electrons. The third kappa shape index (κ3) is 5.71. The van der Waals surface area contributed by atoms with E-state index in [1.165, 1.54) is 16.1 Å². The van der Waals surface area contributed by atoms with Crippen LogP contribution in [-0.4, -0.2) is 73.9 Å². The summed E-state index contributed by atoms with van der Waals surface area (Å²) >= 11 is 0. The van der Waals surface area contributed by atoms with Crippen LogP contribution in [0.2, 0.25) is 0 Å². The number of hydrogen-bond acceptors (Lipinski definition) is 6. The summed E-state index contributed by atoms with van der Waals surface area (Å²) in [6.07, 6.45) is 2.51. The van der Waals surface area contributed by atoms with E-state index in [1.807, 2.05) is 24.3 Å². The Morgan fingerprint density at radius 2 is 1.90 bits per heavy atom. The molecule has 1 aliphatic heterocycles. The number of ether oxygens (including phenoxy) is 1. The second-order valence-electron chi connectivity index (χ2n) is 8.20. The molecule has 1 aromatic heterocycles. The van der Waals surface area contributed by atoms with E-state index in [0.29, 0.717) is 0 Å². The number of nitrogens with two attached hydrogens (primary N) is 1. The molecule has 1 fully saturated rings. The topological polar surface area (TPSA) is 136 Å². The smallest absolute Gasteiger partial charge is 0.410 e. The Morgan fingerprint density at radius 3 is 2.48 bits per heavy atom. The third-order valence-electron chi connectivity index (χ3n) is 4.70. The summed E-state index contributed by atoms with van der Waals surface area (Å²) in [4.78, 5) is 43.6. The number of nitrogens with zero attached hydrogens (tertiary/aromatic N) is 5. The van der Waals surface area contributed by atoms with Crippen LogP contribution in [-0.2, 0) is 16.1 Å². The molecule has 1 atom stereocenters. The van der Waals surface area contributed by atoms with E-state index in [1.54, 1.807) is 31.8 Å². The lowest BCUT2D eigenvalue weighted by atomic mass is 10.1. The molecule has 31 heavy (non-hydrogen) atoms. The second kappa shape index (κ2) is 9.02. The summed E-state index contributed by atoms with van der Waals surface area (Å²) in [5.74, 6) is -0.396. The van der Waals surface area contributed by atoms with Crippen LogP contribution >= 0.6 is 0 Å². The van der Waals surface area contributed by atoms with Crippen LogP contribution in [0.3, 0.4) is 0 Å². The van der Waals surface area contributed by atoms with Crippen LogP contribution in [0.4, 0.5) is 9.59 Å². The number of piperazine rings is 1. The van der Waals surface area contributed by atoms with Crippen molar-refractivity contribution in [2.24, 2.45) is 5.73 Å². The van der Waals surface area contributed by atoms with E-state index < -0.39 is 29.7 Å². The van der Waals surface area contributed by atoms with Crippen molar-refractivity contribution in [3.05, 3.63) is 42.5 Å². The Hall–Kier alpha value is -3.63. The van der Waals surface area contributed by atoms with Crippen molar-refractivity contribution >= 4 is 18.0 Å². The summed E-state index contributed by atoms with van der Waals surface area (Å²) < 4.78 is 7.01. The highest BCUT2D eigenvalue weighted by Crippen LogP contribution is 2.16. The molecule has 0 saturated carbocycles. The van der Waals surface area contributed by atoms with Gasteiger partial charge in [0.25, 0.3) is 0 Å². The van der Waals surface area contributed by atoms with Gasteiger partial charge in [0, 0.05) is 19.6 Å². The van der Waals surface area contributed by atoms with Gasteiger partial charge >= 0.3 is 12.1 Å². The van der Waals surface area contributed by atoms with Crippen molar-refractivity contribution in [2.45, 2.75) is 39.0 Å². The van der Waals surface area contributed by atoms with Gasteiger partial charge in [0.05, 0.1) is 12.2 Å². The van der Waals surface area contributed by atoms with Gasteiger partial charge in [-0.1, -0.05) is 12.1 Å². The molecule has 0 unspecified atom stereocenters. The van der Waals surface area contributed by atoms with Gasteiger partial charge in [-0.15, -0.1) is 0 Å². The highest BCUT2D eigenvalue weighted by molar-refractivity contribution is 5.87. The number of primary amides is 1. The first-order valence-electron chi connectivity index (χ1n) is 9.90. The number of benzene rings is 1. The fourth-order valence-electron chi connectivity index (χ4n) is 3.18. The minimum absolute atomic E-state index is 0.00885. The standard InChI is InChI=1S/C20H27N7O4/c1-20(2,3)31-19(30)25-8-9-26(18(21)29)16(11-25)17(28)23-10-14-4-6-15(7-5-14)27-13-22-12-24-27/h4-7,12-13,16H,8-11H2,1-3H3,(H2,21,29)(H,23,28)/t16-/m0/s1. The monoisotopic (exact) mass is 429 g/mol. The van der Waals surface area contributed by atoms with Crippen molar-refractivity contribution in [1.82, 2.24) is 29.9 Å². The molecule has 3 N–H and O–H groups in total. The maximum atomic E-state index is 12.8. The molecule has 11 nitrogen and oxygen atoms in total. The first kappa shape index (κ1) is 22.1. The van der Waals surface area contributed by atoms with Gasteiger partial charge in [0.1, 0.15) is 24.3 Å². The first-order chi connectivity index (χ1) is 14.6. The van der Waals surface area contributed by atoms with Gasteiger partial charge < -0.3 is 25.6 Å². The number of amides is 4. The van der Waals surface area contributed by atoms with E-state index in [4.69, 9.17) is 10.5 Å². The number of rotatable bonds is 4. The van der Waals surface area contributed by atoms with Gasteiger partial charge in [-0.25, -0.2) is 19.3 Å². The predicted octanol–water partition coefficient (Wildman–Crippen LogP) is 0.884. The van der Waals surface area contributed by atoms with Crippen LogP contribution < -0.4 is 11.1 Å². The molecule has 0 aliphatic carbocycles. The van der Waals surface area contributed by atoms with E-state index in [-0.39, 0.29) is 26.2 Å². The van der Waals surface area contributed by atoms with Crippen molar-refractivity contribution in [3.63, 3.8) is 0 Å². The summed E-state index contributed by atoms with van der Waals surface area (Å²) in [7, 11) is 0. The van der Waals surface area contributed by atoms with E-state index >= 15 is 0 Å². The van der Waals surface area contributed by atoms with Crippen molar-refractivity contribution in [3.8, 4) is 5.69 Å². The fourth-order valence-corrected chi connectivity index (χ4v) is 3.18. The average molecular weight is 429 g/mol. The lowest BCUT2D eigenvalue weighted by Crippen LogP contribution is -2.62. The van der Waals surface area contributed by atoms with Crippen molar-refractivity contribution < 1.29 is 19.1 Å². The Kier molecular flexibility index (Phi) is 6.42. The number of nitrogens with one attached hydrogen (secondary N) is 1. The maximum Gasteiger partial charge on any atom is 0.410 e. The molecule has 0 spiro atoms. The average Bonchev–Trinajstić information content (AvgIpc) is 3.25. The van der Waals surface area contributed by atoms with E-state index in [2.05, 4.69) is 15.4 Å². The zero-order valence-electron chi connectivity index (χ0n) is 17.8. The molecule has 1 saturated heterocycles. The lowest BCUT2D eigenvalue weighted by Gasteiger charge is -2.39. The van der Waals surface area contributed by atoms with Gasteiger partial charge in [0.15, 0.2) is 0 Å². The molecule has 1 aromatic carbocycles. The zero-order valence-corrected chi connectivity index (χ0v) is 17.8. The molecule has 4 amide bonds. The molecular weight excluding hydrogens is 402 g/mol. The fraction of sp³-hybridized carbons (Fsp3) is 0.450. The number of urea groups is 1. The van der Waals surface area contributed by atoms with Crippen LogP contribution in [0.15, 0.2) is 36.9 Å². The molecular formula is C20H27N7O4. The number of carbonyl (C=O) groups is 3. The summed E-state index contributed by atoms with van der Waals surface area (Å²) in [5, 5.41) is 6.88. The quantitative estimate of drug-likeness (QED) is 0.741. The van der Waals surface area contributed by atoms with Gasteiger partial charge in [-0.05, 0) is 38.5 Å². The molecule has 1 aliphatic rings. The number of carbonyl (C=O) groups excluding carboxylic acids is 3. The maximum absolute atomic E-state index is 12.8. The Bertz CT molecular complexity index is 922. The first-order valence-corrected chi connectivity index (χ1v) is 9.90. The Labute approximate surface area is 180 Å². The van der Waals surface area contributed by atoms with Crippen molar-refractivity contribution in [1.29, 1.82) is 0 Å². The summed E-state index contributed by atoms with van der Waals surface area (Å²) in [6.45, 7) is 5.96. The minimum Gasteiger partial charge on any atom is -0.444 e. The SMILES string of the molecule is CC(C)(C)OC(=O)N1CCN(C(N)=O)[C@H](C(=O)NCc2ccc(-n3cncn3)cc2)C1. The highest BCUT2D eigenvalue weighted by atomic mass is 16.6. The van der Waals surface area contributed by atoms with E-state index in [9.17, 15) is 14.4 Å². The number of hydrogen-bond donors (Lipinski definition) is 2. The van der Waals surface area contributed by atoms with Crippen LogP contribution in [0.25, 0.3) is 5.69 Å². The third-order valence-corrected chi connectivity index (χ3v) is 4.70. The molecule has 3 rings (SSSR count). The molecule has 0 bridgehead atoms. The van der Waals surface area contributed by atoms with Crippen LogP contribution in [0.5, 0.6) is 0 Å². The van der Waals surface area contributed by atoms with Gasteiger partial charge in [-0.3, -0.25) is 4.79 Å². The lowest BCUT2D eigenvalue weighted by molar-refractivity contribution is -0.127. The highest BCUT2D eigenvalue weighted by Gasteiger charge is 2.37. The normalized spacial score (nSPS) is 16.7. The van der Waals surface area contributed by atoms with Crippen LogP contribution in [0.1, 0.15) is 26.3 Å². The second-order valence-corrected chi connectivity index (χ2v) is 8.20. The molecule has 11 heteroatoms. The van der Waals surface area contributed by atoms with Crippen molar-refractivity contribution in [2.75, 3.05) is 19.6 Å². The van der Waals surface area contributed by atoms with Crippen LogP contribution in [0, 0.1) is 0 Å². The van der Waals surface area contributed by atoms with E-state index in [0.717, 1.165) is 11.3 Å². The van der Waals surface area contributed by atoms with Gasteiger partial charge in [0.2, 0.25) is 5.91 Å². The largest absolute Gasteiger partial charge is 0.444 e. The predicted molar refractivity (Wildman–Crippen MR) is 111 cm³/mol.